The Morgan fingerprint density at radius 2 is 2.09 bits per heavy atom. The number of nitrogens with two attached hydrogens (primary N) is 1. The highest BCUT2D eigenvalue weighted by molar-refractivity contribution is 9.10. The third-order valence-corrected chi connectivity index (χ3v) is 3.17. The van der Waals surface area contributed by atoms with E-state index in [4.69, 9.17) is 10.8 Å². The van der Waals surface area contributed by atoms with Gasteiger partial charge in [0.25, 0.3) is 5.91 Å². The largest absolute Gasteiger partial charge is 0.505 e. The summed E-state index contributed by atoms with van der Waals surface area (Å²) in [6, 6.07) is 4.54. The number of phenolic OH excluding ortho intramolecular Hbond substituents is 1. The molecule has 120 valence electrons. The molecule has 2 aromatic rings. The maximum atomic E-state index is 12.2. The number of carbonyl (C=O) groups is 2. The molecule has 6 N–H and O–H groups in total. The minimum absolute atomic E-state index is 0.0612. The molecule has 10 heteroatoms. The number of nitrogen functional groups attached to an aromatic ring is 1. The average Bonchev–Trinajstić information content (AvgIpc) is 2.50. The summed E-state index contributed by atoms with van der Waals surface area (Å²) >= 11 is 3.09. The molecule has 1 aromatic carbocycles. The lowest BCUT2D eigenvalue weighted by Crippen LogP contribution is -2.20. The smallest absolute Gasteiger partial charge is 0.404 e. The zero-order chi connectivity index (χ0) is 17.0. The molecule has 0 aliphatic rings. The lowest BCUT2D eigenvalue weighted by molar-refractivity contribution is 0.102. The molecule has 0 saturated carbocycles. The van der Waals surface area contributed by atoms with E-state index >= 15 is 0 Å². The number of rotatable bonds is 4. The van der Waals surface area contributed by atoms with Crippen molar-refractivity contribution >= 4 is 39.4 Å². The van der Waals surface area contributed by atoms with Gasteiger partial charge in [-0.2, -0.15) is 0 Å². The molecule has 2 rings (SSSR count). The molecule has 1 heterocycles. The minimum atomic E-state index is -1.23. The van der Waals surface area contributed by atoms with Gasteiger partial charge in [-0.25, -0.2) is 14.8 Å². The predicted molar refractivity (Wildman–Crippen MR) is 85.1 cm³/mol. The van der Waals surface area contributed by atoms with E-state index in [0.717, 1.165) is 0 Å². The average molecular weight is 382 g/mol. The highest BCUT2D eigenvalue weighted by atomic mass is 79.9. The van der Waals surface area contributed by atoms with Crippen LogP contribution in [-0.2, 0) is 6.54 Å². The fourth-order valence-corrected chi connectivity index (χ4v) is 2.01. The number of hydrogen-bond acceptors (Lipinski definition) is 6. The Labute approximate surface area is 138 Å². The maximum absolute atomic E-state index is 12.2. The molecule has 0 spiro atoms. The molecule has 0 unspecified atom stereocenters. The standard InChI is InChI=1S/C13H12BrN5O4/c14-8-5-16-11(15)9(19-8)12(21)18-7-3-1-2-6(10(7)20)4-17-13(22)23/h1-3,5,17,20H,4H2,(H2,15,16)(H,18,21)(H,22,23). The van der Waals surface area contributed by atoms with Crippen molar-refractivity contribution in [1.82, 2.24) is 15.3 Å². The molecule has 0 aliphatic heterocycles. The first-order valence-corrected chi connectivity index (χ1v) is 7.04. The molecule has 0 fully saturated rings. The number of nitrogens with one attached hydrogen (secondary N) is 2. The van der Waals surface area contributed by atoms with Crippen LogP contribution in [0, 0.1) is 0 Å². The van der Waals surface area contributed by atoms with E-state index in [1.165, 1.54) is 18.3 Å². The first-order valence-electron chi connectivity index (χ1n) is 6.25. The SMILES string of the molecule is Nc1ncc(Br)nc1C(=O)Nc1cccc(CNC(=O)O)c1O. The molecular weight excluding hydrogens is 370 g/mol. The number of nitrogens with zero attached hydrogens (tertiary/aromatic N) is 2. The number of carbonyl (C=O) groups excluding carboxylic acids is 1. The van der Waals surface area contributed by atoms with Crippen LogP contribution in [0.2, 0.25) is 0 Å². The lowest BCUT2D eigenvalue weighted by atomic mass is 10.1. The van der Waals surface area contributed by atoms with E-state index in [1.807, 2.05) is 0 Å². The van der Waals surface area contributed by atoms with Gasteiger partial charge >= 0.3 is 6.09 Å². The van der Waals surface area contributed by atoms with Crippen molar-refractivity contribution in [3.05, 3.63) is 40.3 Å². The number of phenols is 1. The van der Waals surface area contributed by atoms with E-state index in [0.29, 0.717) is 10.2 Å². The van der Waals surface area contributed by atoms with Crippen LogP contribution in [0.4, 0.5) is 16.3 Å². The molecule has 0 saturated heterocycles. The van der Waals surface area contributed by atoms with Gasteiger partial charge < -0.3 is 26.6 Å². The van der Waals surface area contributed by atoms with Crippen molar-refractivity contribution in [2.45, 2.75) is 6.54 Å². The van der Waals surface area contributed by atoms with Crippen molar-refractivity contribution in [1.29, 1.82) is 0 Å². The second-order valence-corrected chi connectivity index (χ2v) is 5.17. The monoisotopic (exact) mass is 381 g/mol. The normalized spacial score (nSPS) is 10.1. The summed E-state index contributed by atoms with van der Waals surface area (Å²) in [5.41, 5.74) is 5.90. The maximum Gasteiger partial charge on any atom is 0.404 e. The number of aromatic nitrogens is 2. The Morgan fingerprint density at radius 3 is 2.78 bits per heavy atom. The van der Waals surface area contributed by atoms with Gasteiger partial charge in [0.2, 0.25) is 0 Å². The van der Waals surface area contributed by atoms with E-state index in [2.05, 4.69) is 36.5 Å². The second kappa shape index (κ2) is 6.92. The third-order valence-electron chi connectivity index (χ3n) is 2.78. The van der Waals surface area contributed by atoms with Gasteiger partial charge in [-0.3, -0.25) is 4.79 Å². The van der Waals surface area contributed by atoms with Gasteiger partial charge in [0.15, 0.2) is 11.5 Å². The van der Waals surface area contributed by atoms with Crippen molar-refractivity contribution in [2.75, 3.05) is 11.1 Å². The summed E-state index contributed by atoms with van der Waals surface area (Å²) in [6.07, 6.45) is 0.123. The Bertz CT molecular complexity index is 768. The Balaban J connectivity index is 2.22. The topological polar surface area (TPSA) is 150 Å². The van der Waals surface area contributed by atoms with Crippen LogP contribution in [0.15, 0.2) is 29.0 Å². The van der Waals surface area contributed by atoms with Crippen molar-refractivity contribution in [3.8, 4) is 5.75 Å². The zero-order valence-corrected chi connectivity index (χ0v) is 13.2. The fraction of sp³-hybridized carbons (Fsp3) is 0.0769. The first-order chi connectivity index (χ1) is 10.9. The molecule has 0 radical (unpaired) electrons. The quantitative estimate of drug-likeness (QED) is 0.503. The summed E-state index contributed by atoms with van der Waals surface area (Å²) < 4.78 is 0.334. The van der Waals surface area contributed by atoms with E-state index in [-0.39, 0.29) is 29.5 Å². The predicted octanol–water partition coefficient (Wildman–Crippen LogP) is 1.55. The van der Waals surface area contributed by atoms with Gasteiger partial charge in [-0.15, -0.1) is 0 Å². The van der Waals surface area contributed by atoms with Crippen molar-refractivity contribution < 1.29 is 19.8 Å². The summed E-state index contributed by atoms with van der Waals surface area (Å²) in [5.74, 6) is -0.972. The number of benzene rings is 1. The van der Waals surface area contributed by atoms with E-state index < -0.39 is 12.0 Å². The number of amides is 2. The number of aromatic hydroxyl groups is 1. The van der Waals surface area contributed by atoms with Crippen LogP contribution in [0.25, 0.3) is 0 Å². The molecular formula is C13H12BrN5O4. The summed E-state index contributed by atoms with van der Waals surface area (Å²) in [7, 11) is 0. The number of para-hydroxylation sites is 1. The highest BCUT2D eigenvalue weighted by Crippen LogP contribution is 2.28. The number of halogens is 1. The molecule has 2 amide bonds. The van der Waals surface area contributed by atoms with E-state index in [9.17, 15) is 14.7 Å². The molecule has 1 aromatic heterocycles. The van der Waals surface area contributed by atoms with E-state index in [1.54, 1.807) is 6.07 Å². The van der Waals surface area contributed by atoms with Gasteiger partial charge in [0.05, 0.1) is 11.9 Å². The van der Waals surface area contributed by atoms with Crippen LogP contribution < -0.4 is 16.4 Å². The van der Waals surface area contributed by atoms with Gasteiger partial charge in [0, 0.05) is 12.1 Å². The Morgan fingerprint density at radius 1 is 1.35 bits per heavy atom. The van der Waals surface area contributed by atoms with Crippen LogP contribution in [0.1, 0.15) is 16.1 Å². The second-order valence-electron chi connectivity index (χ2n) is 4.35. The number of hydrogen-bond donors (Lipinski definition) is 5. The summed E-state index contributed by atoms with van der Waals surface area (Å²) in [5, 5.41) is 23.3. The number of carboxylic acid groups (broad SMARTS) is 1. The zero-order valence-electron chi connectivity index (χ0n) is 11.6. The fourth-order valence-electron chi connectivity index (χ4n) is 1.73. The van der Waals surface area contributed by atoms with Gasteiger partial charge in [-0.1, -0.05) is 12.1 Å². The Kier molecular flexibility index (Phi) is 4.96. The summed E-state index contributed by atoms with van der Waals surface area (Å²) in [6.45, 7) is -0.107. The van der Waals surface area contributed by atoms with Crippen LogP contribution in [-0.4, -0.2) is 32.2 Å². The lowest BCUT2D eigenvalue weighted by Gasteiger charge is -2.11. The Hall–Kier alpha value is -2.88. The molecule has 9 nitrogen and oxygen atoms in total. The van der Waals surface area contributed by atoms with Crippen LogP contribution in [0.3, 0.4) is 0 Å². The van der Waals surface area contributed by atoms with Crippen molar-refractivity contribution in [3.63, 3.8) is 0 Å². The molecule has 0 bridgehead atoms. The highest BCUT2D eigenvalue weighted by Gasteiger charge is 2.16. The van der Waals surface area contributed by atoms with Crippen molar-refractivity contribution in [2.24, 2.45) is 0 Å². The number of anilines is 2. The first kappa shape index (κ1) is 16.5. The molecule has 0 aliphatic carbocycles. The molecule has 0 atom stereocenters. The van der Waals surface area contributed by atoms with Crippen LogP contribution in [0.5, 0.6) is 5.75 Å². The summed E-state index contributed by atoms with van der Waals surface area (Å²) in [4.78, 5) is 30.4. The van der Waals surface area contributed by atoms with Gasteiger partial charge in [0.1, 0.15) is 10.4 Å². The van der Waals surface area contributed by atoms with Crippen LogP contribution >= 0.6 is 15.9 Å². The molecule has 23 heavy (non-hydrogen) atoms. The van der Waals surface area contributed by atoms with Gasteiger partial charge in [-0.05, 0) is 22.0 Å². The minimum Gasteiger partial charge on any atom is -0.505 e. The third kappa shape index (κ3) is 4.07.